The van der Waals surface area contributed by atoms with Crippen LogP contribution in [0.2, 0.25) is 0 Å². The highest BCUT2D eigenvalue weighted by molar-refractivity contribution is 7.91. The van der Waals surface area contributed by atoms with Crippen LogP contribution in [0.3, 0.4) is 0 Å². The molecule has 1 unspecified atom stereocenters. The van der Waals surface area contributed by atoms with Crippen LogP contribution >= 0.6 is 0 Å². The third-order valence-corrected chi connectivity index (χ3v) is 3.57. The van der Waals surface area contributed by atoms with Crippen LogP contribution in [-0.4, -0.2) is 14.9 Å². The molecule has 0 spiro atoms. The van der Waals surface area contributed by atoms with Gasteiger partial charge < -0.3 is 4.98 Å². The van der Waals surface area contributed by atoms with E-state index in [1.165, 1.54) is 0 Å². The summed E-state index contributed by atoms with van der Waals surface area (Å²) in [5, 5.41) is 6.49. The first-order chi connectivity index (χ1) is 7.12. The summed E-state index contributed by atoms with van der Waals surface area (Å²) in [7, 11) is -2.58. The number of fused-ring (bicyclic) bond motifs is 1. The van der Waals surface area contributed by atoms with Crippen LogP contribution in [0.25, 0.3) is 10.9 Å². The Bertz CT molecular complexity index is 593. The molecule has 0 bridgehead atoms. The predicted octanol–water partition coefficient (Wildman–Crippen LogP) is 2.16. The molecule has 2 aromatic rings. The Morgan fingerprint density at radius 2 is 2.20 bits per heavy atom. The quantitative estimate of drug-likeness (QED) is 0.804. The number of rotatable bonds is 2. The average molecular weight is 223 g/mol. The molecule has 0 fully saturated rings. The molecule has 0 saturated heterocycles. The minimum atomic E-state index is -2.58. The number of aromatic nitrogens is 1. The van der Waals surface area contributed by atoms with E-state index in [4.69, 9.17) is 5.14 Å². The zero-order valence-electron chi connectivity index (χ0n) is 8.43. The van der Waals surface area contributed by atoms with Gasteiger partial charge in [-0.25, -0.2) is 9.35 Å². The second-order valence-corrected chi connectivity index (χ2v) is 5.43. The van der Waals surface area contributed by atoms with Crippen molar-refractivity contribution in [2.75, 3.05) is 5.75 Å². The number of benzene rings is 1. The molecule has 0 radical (unpaired) electrons. The SMILES string of the molecule is CCS(N)(=O)=Nc1c[nH]c2ccccc12. The van der Waals surface area contributed by atoms with Gasteiger partial charge in [0.2, 0.25) is 0 Å². The standard InChI is InChI=1S/C10H13N3OS/c1-2-15(11,14)13-10-7-12-9-6-4-3-5-8(9)10/h3-7,12H,2H2,1H3,(H2,11,13,14). The third kappa shape index (κ3) is 2.03. The van der Waals surface area contributed by atoms with E-state index in [0.717, 1.165) is 10.9 Å². The number of hydrogen-bond donors (Lipinski definition) is 2. The number of para-hydroxylation sites is 1. The molecule has 2 rings (SSSR count). The summed E-state index contributed by atoms with van der Waals surface area (Å²) in [4.78, 5) is 3.06. The second kappa shape index (κ2) is 3.67. The largest absolute Gasteiger partial charge is 0.359 e. The van der Waals surface area contributed by atoms with Crippen molar-refractivity contribution in [2.45, 2.75) is 6.92 Å². The average Bonchev–Trinajstić information content (AvgIpc) is 2.62. The molecule has 80 valence electrons. The molecule has 1 heterocycles. The van der Waals surface area contributed by atoms with E-state index in [2.05, 4.69) is 9.35 Å². The van der Waals surface area contributed by atoms with Crippen LogP contribution in [0.4, 0.5) is 5.69 Å². The monoisotopic (exact) mass is 223 g/mol. The fourth-order valence-corrected chi connectivity index (χ4v) is 1.98. The van der Waals surface area contributed by atoms with Crippen LogP contribution in [0, 0.1) is 0 Å². The lowest BCUT2D eigenvalue weighted by atomic mass is 10.2. The Labute approximate surface area is 88.8 Å². The topological polar surface area (TPSA) is 71.2 Å². The molecule has 0 saturated carbocycles. The summed E-state index contributed by atoms with van der Waals surface area (Å²) in [6.07, 6.45) is 1.73. The van der Waals surface area contributed by atoms with Crippen LogP contribution in [0.1, 0.15) is 6.92 Å². The van der Waals surface area contributed by atoms with E-state index >= 15 is 0 Å². The Morgan fingerprint density at radius 3 is 2.93 bits per heavy atom. The Kier molecular flexibility index (Phi) is 2.50. The van der Waals surface area contributed by atoms with Gasteiger partial charge in [-0.2, -0.15) is 4.36 Å². The van der Waals surface area contributed by atoms with Gasteiger partial charge in [-0.05, 0) is 6.07 Å². The van der Waals surface area contributed by atoms with Gasteiger partial charge in [-0.3, -0.25) is 0 Å². The van der Waals surface area contributed by atoms with Gasteiger partial charge >= 0.3 is 0 Å². The first-order valence-corrected chi connectivity index (χ1v) is 6.46. The van der Waals surface area contributed by atoms with Crippen molar-refractivity contribution in [3.05, 3.63) is 30.5 Å². The molecule has 0 amide bonds. The zero-order valence-corrected chi connectivity index (χ0v) is 9.25. The Hall–Kier alpha value is -1.33. The van der Waals surface area contributed by atoms with Crippen molar-refractivity contribution < 1.29 is 4.21 Å². The summed E-state index contributed by atoms with van der Waals surface area (Å²) in [6.45, 7) is 1.76. The highest BCUT2D eigenvalue weighted by Gasteiger charge is 2.04. The number of H-pyrrole nitrogens is 1. The van der Waals surface area contributed by atoms with E-state index in [9.17, 15) is 4.21 Å². The van der Waals surface area contributed by atoms with E-state index in [1.54, 1.807) is 13.1 Å². The molecule has 5 heteroatoms. The lowest BCUT2D eigenvalue weighted by molar-refractivity contribution is 0.679. The van der Waals surface area contributed by atoms with E-state index in [-0.39, 0.29) is 0 Å². The smallest absolute Gasteiger partial charge is 0.110 e. The molecule has 1 aromatic heterocycles. The number of nitrogens with one attached hydrogen (secondary N) is 1. The molecular weight excluding hydrogens is 210 g/mol. The molecule has 1 atom stereocenters. The molecule has 15 heavy (non-hydrogen) atoms. The molecule has 0 aliphatic carbocycles. The van der Waals surface area contributed by atoms with Gasteiger partial charge in [0, 0.05) is 22.9 Å². The highest BCUT2D eigenvalue weighted by atomic mass is 32.2. The summed E-state index contributed by atoms with van der Waals surface area (Å²) in [5.41, 5.74) is 1.64. The second-order valence-electron chi connectivity index (χ2n) is 3.29. The van der Waals surface area contributed by atoms with Gasteiger partial charge in [0.25, 0.3) is 0 Å². The lowest BCUT2D eigenvalue weighted by Gasteiger charge is -1.98. The maximum atomic E-state index is 11.7. The first-order valence-electron chi connectivity index (χ1n) is 4.71. The van der Waals surface area contributed by atoms with Gasteiger partial charge in [-0.1, -0.05) is 25.1 Å². The summed E-state index contributed by atoms with van der Waals surface area (Å²) in [5.74, 6) is 0.354. The molecule has 3 N–H and O–H groups in total. The van der Waals surface area contributed by atoms with Gasteiger partial charge in [-0.15, -0.1) is 0 Å². The van der Waals surface area contributed by atoms with Gasteiger partial charge in [0.05, 0.1) is 5.69 Å². The minimum absolute atomic E-state index is 0.354. The number of hydrogen-bond acceptors (Lipinski definition) is 2. The fraction of sp³-hybridized carbons (Fsp3) is 0.200. The maximum Gasteiger partial charge on any atom is 0.110 e. The van der Waals surface area contributed by atoms with Crippen LogP contribution in [-0.2, 0) is 9.92 Å². The highest BCUT2D eigenvalue weighted by Crippen LogP contribution is 2.25. The number of nitrogens with zero attached hydrogens (tertiary/aromatic N) is 1. The van der Waals surface area contributed by atoms with Crippen LogP contribution < -0.4 is 5.14 Å². The first kappa shape index (κ1) is 10.2. The van der Waals surface area contributed by atoms with Crippen LogP contribution in [0.15, 0.2) is 34.8 Å². The Morgan fingerprint density at radius 1 is 1.47 bits per heavy atom. The third-order valence-electron chi connectivity index (χ3n) is 2.23. The van der Waals surface area contributed by atoms with Crippen molar-refractivity contribution in [2.24, 2.45) is 9.50 Å². The van der Waals surface area contributed by atoms with Crippen LogP contribution in [0.5, 0.6) is 0 Å². The van der Waals surface area contributed by atoms with Crippen molar-refractivity contribution in [3.8, 4) is 0 Å². The Balaban J connectivity index is 2.64. The van der Waals surface area contributed by atoms with Gasteiger partial charge in [0.1, 0.15) is 9.92 Å². The van der Waals surface area contributed by atoms with E-state index in [1.807, 2.05) is 24.3 Å². The number of aromatic amines is 1. The van der Waals surface area contributed by atoms with Crippen molar-refractivity contribution in [3.63, 3.8) is 0 Å². The zero-order chi connectivity index (χ0) is 10.9. The molecule has 0 aliphatic rings. The number of nitrogens with two attached hydrogens (primary N) is 1. The van der Waals surface area contributed by atoms with E-state index in [0.29, 0.717) is 11.4 Å². The predicted molar refractivity (Wildman–Crippen MR) is 63.3 cm³/mol. The normalized spacial score (nSPS) is 15.1. The molecule has 1 aromatic carbocycles. The van der Waals surface area contributed by atoms with E-state index < -0.39 is 9.92 Å². The minimum Gasteiger partial charge on any atom is -0.359 e. The summed E-state index contributed by atoms with van der Waals surface area (Å²) >= 11 is 0. The summed E-state index contributed by atoms with van der Waals surface area (Å²) in [6, 6.07) is 7.72. The van der Waals surface area contributed by atoms with Crippen molar-refractivity contribution in [1.82, 2.24) is 4.98 Å². The lowest BCUT2D eigenvalue weighted by Crippen LogP contribution is -2.13. The molecular formula is C10H13N3OS. The van der Waals surface area contributed by atoms with Crippen molar-refractivity contribution >= 4 is 26.5 Å². The molecule has 4 nitrogen and oxygen atoms in total. The van der Waals surface area contributed by atoms with Gasteiger partial charge in [0.15, 0.2) is 0 Å². The fourth-order valence-electron chi connectivity index (χ4n) is 1.36. The molecule has 0 aliphatic heterocycles. The summed E-state index contributed by atoms with van der Waals surface area (Å²) < 4.78 is 15.7. The van der Waals surface area contributed by atoms with Crippen molar-refractivity contribution in [1.29, 1.82) is 0 Å². The maximum absolute atomic E-state index is 11.7.